The van der Waals surface area contributed by atoms with Gasteiger partial charge in [0.1, 0.15) is 5.76 Å². The van der Waals surface area contributed by atoms with Crippen molar-refractivity contribution in [1.82, 2.24) is 5.32 Å². The molecule has 1 heterocycles. The molecule has 0 bridgehead atoms. The van der Waals surface area contributed by atoms with Crippen LogP contribution in [0.1, 0.15) is 34.2 Å². The molecule has 0 fully saturated rings. The Labute approximate surface area is 164 Å². The molecule has 7 heteroatoms. The maximum atomic E-state index is 12.9. The molecule has 0 spiro atoms. The number of nitrogens with one attached hydrogen (secondary N) is 2. The van der Waals surface area contributed by atoms with Crippen molar-refractivity contribution in [3.63, 3.8) is 0 Å². The van der Waals surface area contributed by atoms with Gasteiger partial charge in [0, 0.05) is 5.56 Å². The van der Waals surface area contributed by atoms with Crippen LogP contribution in [0.25, 0.3) is 0 Å². The molecule has 0 aliphatic carbocycles. The van der Waals surface area contributed by atoms with Crippen LogP contribution in [0, 0.1) is 6.92 Å². The molecule has 0 radical (unpaired) electrons. The summed E-state index contributed by atoms with van der Waals surface area (Å²) in [5.41, 5.74) is 2.60. The van der Waals surface area contributed by atoms with Crippen LogP contribution in [0.3, 0.4) is 0 Å². The van der Waals surface area contributed by atoms with E-state index < -0.39 is 10.0 Å². The van der Waals surface area contributed by atoms with Crippen LogP contribution in [0.15, 0.2) is 70.2 Å². The van der Waals surface area contributed by atoms with E-state index >= 15 is 0 Å². The zero-order chi connectivity index (χ0) is 20.1. The molecule has 146 valence electrons. The predicted molar refractivity (Wildman–Crippen MR) is 108 cm³/mol. The minimum Gasteiger partial charge on any atom is -0.467 e. The Morgan fingerprint density at radius 2 is 1.86 bits per heavy atom. The summed E-state index contributed by atoms with van der Waals surface area (Å²) in [6.45, 7) is 4.05. The SMILES string of the molecule is CCc1cccc(C)c1NS(=O)(=O)c1cccc(C(=O)NCc2ccco2)c1. The van der Waals surface area contributed by atoms with Crippen LogP contribution >= 0.6 is 0 Å². The van der Waals surface area contributed by atoms with Gasteiger partial charge in [-0.3, -0.25) is 9.52 Å². The van der Waals surface area contributed by atoms with E-state index in [0.717, 1.165) is 11.1 Å². The lowest BCUT2D eigenvalue weighted by Crippen LogP contribution is -2.23. The summed E-state index contributed by atoms with van der Waals surface area (Å²) in [6.07, 6.45) is 2.23. The van der Waals surface area contributed by atoms with Crippen LogP contribution in [-0.2, 0) is 23.0 Å². The quantitative estimate of drug-likeness (QED) is 0.632. The zero-order valence-corrected chi connectivity index (χ0v) is 16.5. The van der Waals surface area contributed by atoms with Crippen LogP contribution < -0.4 is 10.0 Å². The minimum atomic E-state index is -3.83. The number of amides is 1. The fourth-order valence-electron chi connectivity index (χ4n) is 2.85. The Morgan fingerprint density at radius 1 is 1.07 bits per heavy atom. The van der Waals surface area contributed by atoms with Crippen LogP contribution in [0.4, 0.5) is 5.69 Å². The number of hydrogen-bond acceptors (Lipinski definition) is 4. The average Bonchev–Trinajstić information content (AvgIpc) is 3.21. The van der Waals surface area contributed by atoms with Crippen molar-refractivity contribution in [2.45, 2.75) is 31.7 Å². The van der Waals surface area contributed by atoms with Gasteiger partial charge < -0.3 is 9.73 Å². The van der Waals surface area contributed by atoms with Gasteiger partial charge in [0.2, 0.25) is 0 Å². The number of carbonyl (C=O) groups excluding carboxylic acids is 1. The number of aryl methyl sites for hydroxylation is 2. The molecular weight excluding hydrogens is 376 g/mol. The van der Waals surface area contributed by atoms with E-state index in [4.69, 9.17) is 4.42 Å². The fourth-order valence-corrected chi connectivity index (χ4v) is 4.07. The van der Waals surface area contributed by atoms with Gasteiger partial charge >= 0.3 is 0 Å². The van der Waals surface area contributed by atoms with Gasteiger partial charge in [-0.25, -0.2) is 8.42 Å². The molecule has 0 aliphatic rings. The fraction of sp³-hybridized carbons (Fsp3) is 0.190. The number of rotatable bonds is 7. The smallest absolute Gasteiger partial charge is 0.261 e. The van der Waals surface area contributed by atoms with Crippen LogP contribution in [-0.4, -0.2) is 14.3 Å². The molecule has 0 unspecified atom stereocenters. The lowest BCUT2D eigenvalue weighted by molar-refractivity contribution is 0.0948. The second kappa shape index (κ2) is 8.31. The highest BCUT2D eigenvalue weighted by atomic mass is 32.2. The van der Waals surface area contributed by atoms with E-state index in [1.807, 2.05) is 32.0 Å². The third kappa shape index (κ3) is 4.43. The highest BCUT2D eigenvalue weighted by Crippen LogP contribution is 2.25. The lowest BCUT2D eigenvalue weighted by Gasteiger charge is -2.15. The minimum absolute atomic E-state index is 0.0310. The first-order valence-electron chi connectivity index (χ1n) is 8.92. The average molecular weight is 398 g/mol. The summed E-state index contributed by atoms with van der Waals surface area (Å²) < 4.78 is 33.6. The van der Waals surface area contributed by atoms with Crippen LogP contribution in [0.2, 0.25) is 0 Å². The molecule has 1 aromatic heterocycles. The Hall–Kier alpha value is -3.06. The van der Waals surface area contributed by atoms with Gasteiger partial charge in [-0.1, -0.05) is 31.2 Å². The first kappa shape index (κ1) is 19.7. The van der Waals surface area contributed by atoms with Gasteiger partial charge in [0.05, 0.1) is 23.4 Å². The second-order valence-electron chi connectivity index (χ2n) is 6.36. The summed E-state index contributed by atoms with van der Waals surface area (Å²) in [7, 11) is -3.83. The van der Waals surface area contributed by atoms with E-state index in [2.05, 4.69) is 10.0 Å². The van der Waals surface area contributed by atoms with Gasteiger partial charge in [-0.2, -0.15) is 0 Å². The number of para-hydroxylation sites is 1. The standard InChI is InChI=1S/C21H22N2O4S/c1-3-16-8-4-7-15(2)20(16)23-28(25,26)19-11-5-9-17(13-19)21(24)22-14-18-10-6-12-27-18/h4-13,23H,3,14H2,1-2H3,(H,22,24). The summed E-state index contributed by atoms with van der Waals surface area (Å²) in [5, 5.41) is 2.71. The number of furan rings is 1. The van der Waals surface area contributed by atoms with Crippen LogP contribution in [0.5, 0.6) is 0 Å². The van der Waals surface area contributed by atoms with Crippen molar-refractivity contribution in [3.05, 3.63) is 83.3 Å². The molecule has 6 nitrogen and oxygen atoms in total. The highest BCUT2D eigenvalue weighted by molar-refractivity contribution is 7.92. The summed E-state index contributed by atoms with van der Waals surface area (Å²) in [6, 6.07) is 15.1. The first-order valence-corrected chi connectivity index (χ1v) is 10.4. The molecule has 3 rings (SSSR count). The predicted octanol–water partition coefficient (Wildman–Crippen LogP) is 3.88. The summed E-state index contributed by atoms with van der Waals surface area (Å²) in [4.78, 5) is 12.4. The first-order chi connectivity index (χ1) is 13.4. The van der Waals surface area contributed by atoms with Crippen molar-refractivity contribution in [2.75, 3.05) is 4.72 Å². The molecule has 3 aromatic rings. The monoisotopic (exact) mass is 398 g/mol. The van der Waals surface area contributed by atoms with Crippen molar-refractivity contribution >= 4 is 21.6 Å². The van der Waals surface area contributed by atoms with E-state index in [1.54, 1.807) is 24.3 Å². The Kier molecular flexibility index (Phi) is 5.84. The third-order valence-electron chi connectivity index (χ3n) is 4.39. The number of sulfonamides is 1. The van der Waals surface area contributed by atoms with Crippen molar-refractivity contribution in [1.29, 1.82) is 0 Å². The van der Waals surface area contributed by atoms with E-state index in [1.165, 1.54) is 18.4 Å². The van der Waals surface area contributed by atoms with Gasteiger partial charge in [-0.15, -0.1) is 0 Å². The van der Waals surface area contributed by atoms with Gasteiger partial charge in [0.25, 0.3) is 15.9 Å². The number of anilines is 1. The molecule has 0 saturated carbocycles. The lowest BCUT2D eigenvalue weighted by atomic mass is 10.1. The normalized spacial score (nSPS) is 11.2. The van der Waals surface area contributed by atoms with Crippen molar-refractivity contribution in [3.8, 4) is 0 Å². The van der Waals surface area contributed by atoms with Crippen molar-refractivity contribution in [2.24, 2.45) is 0 Å². The Bertz CT molecular complexity index is 1070. The second-order valence-corrected chi connectivity index (χ2v) is 8.04. The van der Waals surface area contributed by atoms with E-state index in [9.17, 15) is 13.2 Å². The molecule has 1 amide bonds. The maximum Gasteiger partial charge on any atom is 0.261 e. The summed E-state index contributed by atoms with van der Waals surface area (Å²) >= 11 is 0. The molecule has 0 saturated heterocycles. The topological polar surface area (TPSA) is 88.4 Å². The largest absolute Gasteiger partial charge is 0.467 e. The third-order valence-corrected chi connectivity index (χ3v) is 5.73. The molecule has 0 atom stereocenters. The Morgan fingerprint density at radius 3 is 2.57 bits per heavy atom. The number of hydrogen-bond donors (Lipinski definition) is 2. The van der Waals surface area contributed by atoms with E-state index in [-0.39, 0.29) is 22.9 Å². The zero-order valence-electron chi connectivity index (χ0n) is 15.7. The summed E-state index contributed by atoms with van der Waals surface area (Å²) in [5.74, 6) is 0.240. The molecule has 2 N–H and O–H groups in total. The molecular formula is C21H22N2O4S. The molecule has 28 heavy (non-hydrogen) atoms. The van der Waals surface area contributed by atoms with Gasteiger partial charge in [-0.05, 0) is 54.8 Å². The molecule has 0 aliphatic heterocycles. The highest BCUT2D eigenvalue weighted by Gasteiger charge is 2.19. The van der Waals surface area contributed by atoms with E-state index in [0.29, 0.717) is 17.9 Å². The number of benzene rings is 2. The van der Waals surface area contributed by atoms with Crippen molar-refractivity contribution < 1.29 is 17.6 Å². The van der Waals surface area contributed by atoms with Gasteiger partial charge in [0.15, 0.2) is 0 Å². The molecule has 2 aromatic carbocycles. The number of carbonyl (C=O) groups is 1. The maximum absolute atomic E-state index is 12.9. The Balaban J connectivity index is 1.81.